The van der Waals surface area contributed by atoms with Gasteiger partial charge in [0.05, 0.1) is 5.75 Å². The molecule has 1 aliphatic carbocycles. The molecule has 2 rings (SSSR count). The number of rotatable bonds is 7. The van der Waals surface area contributed by atoms with Crippen molar-refractivity contribution in [3.63, 3.8) is 0 Å². The summed E-state index contributed by atoms with van der Waals surface area (Å²) in [6, 6.07) is -0.259. The van der Waals surface area contributed by atoms with Gasteiger partial charge in [0, 0.05) is 12.6 Å². The van der Waals surface area contributed by atoms with Crippen molar-refractivity contribution in [2.24, 2.45) is 5.92 Å². The maximum Gasteiger partial charge on any atom is 0.321 e. The third-order valence-electron chi connectivity index (χ3n) is 3.81. The van der Waals surface area contributed by atoms with Gasteiger partial charge in [0.2, 0.25) is 11.0 Å². The highest BCUT2D eigenvalue weighted by atomic mass is 32.2. The Labute approximate surface area is 150 Å². The van der Waals surface area contributed by atoms with E-state index in [-0.39, 0.29) is 17.7 Å². The number of nitrogens with one attached hydrogen (secondary N) is 3. The number of nitrogens with zero attached hydrogens (tertiary/aromatic N) is 2. The maximum atomic E-state index is 11.9. The lowest BCUT2D eigenvalue weighted by Crippen LogP contribution is -2.48. The van der Waals surface area contributed by atoms with Crippen LogP contribution in [-0.4, -0.2) is 40.5 Å². The molecule has 1 saturated carbocycles. The lowest BCUT2D eigenvalue weighted by Gasteiger charge is -2.29. The summed E-state index contributed by atoms with van der Waals surface area (Å²) < 4.78 is 0.679. The fourth-order valence-corrected chi connectivity index (χ4v) is 4.08. The molecule has 0 bridgehead atoms. The zero-order valence-electron chi connectivity index (χ0n) is 13.7. The van der Waals surface area contributed by atoms with Crippen molar-refractivity contribution in [1.29, 1.82) is 0 Å². The highest BCUT2D eigenvalue weighted by Crippen LogP contribution is 2.25. The van der Waals surface area contributed by atoms with Gasteiger partial charge < -0.3 is 10.6 Å². The number of hydrogen-bond acceptors (Lipinski definition) is 7. The smallest absolute Gasteiger partial charge is 0.321 e. The molecule has 3 amide bonds. The van der Waals surface area contributed by atoms with Crippen molar-refractivity contribution in [2.45, 2.75) is 43.0 Å². The Morgan fingerprint density at radius 3 is 2.92 bits per heavy atom. The van der Waals surface area contributed by atoms with Gasteiger partial charge in [-0.2, -0.15) is 0 Å². The van der Waals surface area contributed by atoms with Gasteiger partial charge in [-0.3, -0.25) is 10.1 Å². The van der Waals surface area contributed by atoms with E-state index in [0.29, 0.717) is 21.9 Å². The molecule has 0 aliphatic heterocycles. The molecule has 0 unspecified atom stereocenters. The zero-order valence-corrected chi connectivity index (χ0v) is 15.3. The van der Waals surface area contributed by atoms with Gasteiger partial charge in [-0.15, -0.1) is 16.8 Å². The van der Waals surface area contributed by atoms with Crippen LogP contribution in [0.2, 0.25) is 0 Å². The second kappa shape index (κ2) is 9.63. The summed E-state index contributed by atoms with van der Waals surface area (Å²) >= 11 is 2.62. The van der Waals surface area contributed by atoms with Crippen molar-refractivity contribution in [2.75, 3.05) is 17.6 Å². The molecule has 1 aromatic rings. The molecule has 0 spiro atoms. The van der Waals surface area contributed by atoms with Crippen molar-refractivity contribution < 1.29 is 9.59 Å². The predicted octanol–water partition coefficient (Wildman–Crippen LogP) is 2.63. The average molecular weight is 370 g/mol. The van der Waals surface area contributed by atoms with Crippen molar-refractivity contribution in [3.05, 3.63) is 12.7 Å². The number of thioether (sulfide) groups is 1. The first kappa shape index (κ1) is 18.7. The minimum Gasteiger partial charge on any atom is -0.357 e. The van der Waals surface area contributed by atoms with E-state index >= 15 is 0 Å². The molecule has 0 saturated heterocycles. The van der Waals surface area contributed by atoms with E-state index < -0.39 is 6.03 Å². The summed E-state index contributed by atoms with van der Waals surface area (Å²) in [7, 11) is 0. The molecule has 2 atom stereocenters. The summed E-state index contributed by atoms with van der Waals surface area (Å²) in [5.41, 5.74) is 0. The Morgan fingerprint density at radius 1 is 1.38 bits per heavy atom. The van der Waals surface area contributed by atoms with Crippen LogP contribution in [0.4, 0.5) is 9.93 Å². The third kappa shape index (κ3) is 6.12. The van der Waals surface area contributed by atoms with E-state index in [1.807, 2.05) is 0 Å². The Bertz CT molecular complexity index is 578. The van der Waals surface area contributed by atoms with Crippen molar-refractivity contribution >= 4 is 40.2 Å². The van der Waals surface area contributed by atoms with Gasteiger partial charge in [0.25, 0.3) is 0 Å². The van der Waals surface area contributed by atoms with Crippen molar-refractivity contribution in [3.8, 4) is 0 Å². The first-order valence-corrected chi connectivity index (χ1v) is 9.80. The van der Waals surface area contributed by atoms with E-state index in [1.54, 1.807) is 6.08 Å². The Balaban J connectivity index is 1.69. The second-order valence-electron chi connectivity index (χ2n) is 5.72. The first-order valence-electron chi connectivity index (χ1n) is 8.00. The standard InChI is InChI=1S/C15H23N5O2S2/c1-3-8-16-14-19-20-15(24-14)23-9-12(21)18-13(22)17-11-7-5-4-6-10(11)2/h3,10-11H,1,4-9H2,2H3,(H,16,19)(H2,17,18,21,22)/t10-,11+/m0/s1. The molecule has 1 aromatic heterocycles. The normalized spacial score (nSPS) is 20.2. The van der Waals surface area contributed by atoms with Gasteiger partial charge in [0.15, 0.2) is 4.34 Å². The molecular weight excluding hydrogens is 346 g/mol. The van der Waals surface area contributed by atoms with E-state index in [0.717, 1.165) is 19.3 Å². The van der Waals surface area contributed by atoms with Crippen LogP contribution in [0.3, 0.4) is 0 Å². The van der Waals surface area contributed by atoms with Gasteiger partial charge >= 0.3 is 6.03 Å². The lowest BCUT2D eigenvalue weighted by molar-refractivity contribution is -0.117. The minimum atomic E-state index is -0.412. The Morgan fingerprint density at radius 2 is 2.17 bits per heavy atom. The summed E-state index contributed by atoms with van der Waals surface area (Å²) in [6.07, 6.45) is 6.16. The van der Waals surface area contributed by atoms with Crippen LogP contribution in [-0.2, 0) is 4.79 Å². The van der Waals surface area contributed by atoms with Gasteiger partial charge in [-0.25, -0.2) is 4.79 Å². The lowest BCUT2D eigenvalue weighted by atomic mass is 9.86. The molecule has 0 radical (unpaired) electrons. The molecular formula is C15H23N5O2S2. The fraction of sp³-hybridized carbons (Fsp3) is 0.600. The van der Waals surface area contributed by atoms with E-state index in [4.69, 9.17) is 0 Å². The molecule has 24 heavy (non-hydrogen) atoms. The largest absolute Gasteiger partial charge is 0.357 e. The number of urea groups is 1. The zero-order chi connectivity index (χ0) is 17.4. The van der Waals surface area contributed by atoms with Gasteiger partial charge in [0.1, 0.15) is 0 Å². The number of amides is 3. The van der Waals surface area contributed by atoms with Gasteiger partial charge in [-0.05, 0) is 18.8 Å². The molecule has 9 heteroatoms. The Kier molecular flexibility index (Phi) is 7.51. The monoisotopic (exact) mass is 369 g/mol. The van der Waals surface area contributed by atoms with Gasteiger partial charge in [-0.1, -0.05) is 48.9 Å². The number of carbonyl (C=O) groups excluding carboxylic acids is 2. The number of hydrogen-bond donors (Lipinski definition) is 3. The van der Waals surface area contributed by atoms with E-state index in [1.165, 1.54) is 29.5 Å². The fourth-order valence-electron chi connectivity index (χ4n) is 2.52. The highest BCUT2D eigenvalue weighted by Gasteiger charge is 2.23. The van der Waals surface area contributed by atoms with Crippen LogP contribution < -0.4 is 16.0 Å². The Hall–Kier alpha value is -1.61. The molecule has 0 aromatic carbocycles. The van der Waals surface area contributed by atoms with Crippen LogP contribution in [0, 0.1) is 5.92 Å². The number of aromatic nitrogens is 2. The van der Waals surface area contributed by atoms with Crippen LogP contribution in [0.5, 0.6) is 0 Å². The minimum absolute atomic E-state index is 0.129. The molecule has 7 nitrogen and oxygen atoms in total. The highest BCUT2D eigenvalue weighted by molar-refractivity contribution is 8.01. The number of carbonyl (C=O) groups is 2. The van der Waals surface area contributed by atoms with E-state index in [2.05, 4.69) is 39.7 Å². The summed E-state index contributed by atoms with van der Waals surface area (Å²) in [5, 5.41) is 16.9. The quantitative estimate of drug-likeness (QED) is 0.505. The topological polar surface area (TPSA) is 96.0 Å². The molecule has 1 heterocycles. The van der Waals surface area contributed by atoms with Crippen LogP contribution in [0.25, 0.3) is 0 Å². The van der Waals surface area contributed by atoms with Crippen molar-refractivity contribution in [1.82, 2.24) is 20.8 Å². The second-order valence-corrected chi connectivity index (χ2v) is 7.92. The molecule has 1 aliphatic rings. The summed E-state index contributed by atoms with van der Waals surface area (Å²) in [6.45, 7) is 6.36. The van der Waals surface area contributed by atoms with Crippen LogP contribution in [0.15, 0.2) is 17.0 Å². The number of anilines is 1. The molecule has 3 N–H and O–H groups in total. The first-order chi connectivity index (χ1) is 11.6. The average Bonchev–Trinajstić information content (AvgIpc) is 3.01. The SMILES string of the molecule is C=CCNc1nnc(SCC(=O)NC(=O)N[C@@H]2CCCC[C@@H]2C)s1. The molecule has 132 valence electrons. The summed E-state index contributed by atoms with van der Waals surface area (Å²) in [4.78, 5) is 23.8. The van der Waals surface area contributed by atoms with Crippen LogP contribution >= 0.6 is 23.1 Å². The third-order valence-corrected chi connectivity index (χ3v) is 5.83. The van der Waals surface area contributed by atoms with Crippen LogP contribution in [0.1, 0.15) is 32.6 Å². The maximum absolute atomic E-state index is 11.9. The van der Waals surface area contributed by atoms with E-state index in [9.17, 15) is 9.59 Å². The summed E-state index contributed by atoms with van der Waals surface area (Å²) in [5.74, 6) is 0.248. The predicted molar refractivity (Wildman–Crippen MR) is 97.4 cm³/mol. The number of imide groups is 1. The molecule has 1 fully saturated rings.